The summed E-state index contributed by atoms with van der Waals surface area (Å²) < 4.78 is 0. The fraction of sp³-hybridized carbons (Fsp3) is 0.667. The minimum Gasteiger partial charge on any atom is -0.357 e. The molecule has 0 unspecified atom stereocenters. The van der Waals surface area contributed by atoms with E-state index in [1.807, 2.05) is 12.1 Å². The summed E-state index contributed by atoms with van der Waals surface area (Å²) in [5.74, 6) is 3.53. The molecule has 4 nitrogen and oxygen atoms in total. The predicted molar refractivity (Wildman–Crippen MR) is 87.9 cm³/mol. The molecular formula is C18H25N3O. The van der Waals surface area contributed by atoms with Crippen LogP contribution >= 0.6 is 0 Å². The van der Waals surface area contributed by atoms with Crippen LogP contribution in [-0.2, 0) is 4.79 Å². The molecule has 1 N–H and O–H groups in total. The molecule has 118 valence electrons. The Kier molecular flexibility index (Phi) is 3.77. The Morgan fingerprint density at radius 1 is 1.23 bits per heavy atom. The molecule has 4 heteroatoms. The van der Waals surface area contributed by atoms with Gasteiger partial charge in [-0.15, -0.1) is 0 Å². The van der Waals surface area contributed by atoms with Crippen molar-refractivity contribution >= 4 is 17.4 Å². The van der Waals surface area contributed by atoms with Crippen molar-refractivity contribution in [3.63, 3.8) is 0 Å². The second kappa shape index (κ2) is 5.90. The van der Waals surface area contributed by atoms with Crippen molar-refractivity contribution in [3.05, 3.63) is 18.3 Å². The number of aromatic nitrogens is 1. The number of nitrogens with zero attached hydrogens (tertiary/aromatic N) is 2. The Balaban J connectivity index is 1.31. The van der Waals surface area contributed by atoms with Crippen LogP contribution in [0.5, 0.6) is 0 Å². The number of hydrogen-bond donors (Lipinski definition) is 1. The van der Waals surface area contributed by atoms with Gasteiger partial charge in [0.15, 0.2) is 0 Å². The number of carbonyl (C=O) groups is 1. The monoisotopic (exact) mass is 299 g/mol. The molecule has 0 spiro atoms. The van der Waals surface area contributed by atoms with Crippen molar-refractivity contribution in [2.75, 3.05) is 23.3 Å². The molecule has 3 fully saturated rings. The molecule has 2 bridgehead atoms. The van der Waals surface area contributed by atoms with E-state index in [1.165, 1.54) is 38.5 Å². The van der Waals surface area contributed by atoms with Gasteiger partial charge in [-0.3, -0.25) is 4.79 Å². The largest absolute Gasteiger partial charge is 0.357 e. The normalized spacial score (nSPS) is 30.0. The van der Waals surface area contributed by atoms with E-state index in [0.717, 1.165) is 36.4 Å². The van der Waals surface area contributed by atoms with Crippen LogP contribution in [0.3, 0.4) is 0 Å². The summed E-state index contributed by atoms with van der Waals surface area (Å²) in [6.07, 6.45) is 10.4. The molecule has 1 amide bonds. The van der Waals surface area contributed by atoms with Crippen LogP contribution < -0.4 is 10.2 Å². The summed E-state index contributed by atoms with van der Waals surface area (Å²) in [6.45, 7) is 2.20. The maximum Gasteiger partial charge on any atom is 0.224 e. The fourth-order valence-electron chi connectivity index (χ4n) is 4.67. The predicted octanol–water partition coefficient (Wildman–Crippen LogP) is 3.45. The van der Waals surface area contributed by atoms with Crippen molar-refractivity contribution in [1.82, 2.24) is 4.98 Å². The summed E-state index contributed by atoms with van der Waals surface area (Å²) >= 11 is 0. The van der Waals surface area contributed by atoms with Crippen LogP contribution in [0.15, 0.2) is 18.3 Å². The van der Waals surface area contributed by atoms with Gasteiger partial charge in [0, 0.05) is 19.5 Å². The molecule has 3 atom stereocenters. The Labute approximate surface area is 132 Å². The number of nitrogens with one attached hydrogen (secondary N) is 1. The Bertz CT molecular complexity index is 536. The second-order valence-electron chi connectivity index (χ2n) is 7.29. The van der Waals surface area contributed by atoms with Crippen molar-refractivity contribution < 1.29 is 4.79 Å². The van der Waals surface area contributed by atoms with Crippen molar-refractivity contribution in [2.24, 2.45) is 17.8 Å². The highest BCUT2D eigenvalue weighted by atomic mass is 16.1. The lowest BCUT2D eigenvalue weighted by Crippen LogP contribution is -2.21. The van der Waals surface area contributed by atoms with E-state index in [9.17, 15) is 4.79 Å². The molecule has 1 aromatic heterocycles. The minimum atomic E-state index is 0.160. The molecule has 0 aromatic carbocycles. The van der Waals surface area contributed by atoms with Gasteiger partial charge in [0.1, 0.15) is 5.82 Å². The van der Waals surface area contributed by atoms with E-state index in [4.69, 9.17) is 0 Å². The highest BCUT2D eigenvalue weighted by Crippen LogP contribution is 2.49. The molecule has 1 saturated heterocycles. The van der Waals surface area contributed by atoms with Gasteiger partial charge in [-0.05, 0) is 62.0 Å². The third-order valence-corrected chi connectivity index (χ3v) is 5.79. The number of amides is 1. The molecule has 4 rings (SSSR count). The highest BCUT2D eigenvalue weighted by Gasteiger charge is 2.40. The van der Waals surface area contributed by atoms with Gasteiger partial charge >= 0.3 is 0 Å². The molecule has 22 heavy (non-hydrogen) atoms. The van der Waals surface area contributed by atoms with Gasteiger partial charge < -0.3 is 10.2 Å². The van der Waals surface area contributed by atoms with Crippen molar-refractivity contribution in [3.8, 4) is 0 Å². The smallest absolute Gasteiger partial charge is 0.224 e. The van der Waals surface area contributed by atoms with Gasteiger partial charge in [0.05, 0.1) is 11.9 Å². The molecule has 1 aromatic rings. The maximum atomic E-state index is 12.2. The van der Waals surface area contributed by atoms with Crippen LogP contribution in [0.25, 0.3) is 0 Å². The van der Waals surface area contributed by atoms with Gasteiger partial charge in [-0.2, -0.15) is 0 Å². The summed E-state index contributed by atoms with van der Waals surface area (Å²) in [4.78, 5) is 19.0. The summed E-state index contributed by atoms with van der Waals surface area (Å²) in [5.41, 5.74) is 0.830. The van der Waals surface area contributed by atoms with E-state index >= 15 is 0 Å². The number of hydrogen-bond acceptors (Lipinski definition) is 3. The first-order chi connectivity index (χ1) is 10.8. The topological polar surface area (TPSA) is 45.2 Å². The lowest BCUT2D eigenvalue weighted by Gasteiger charge is -2.21. The Morgan fingerprint density at radius 2 is 2.09 bits per heavy atom. The molecule has 1 aliphatic heterocycles. The van der Waals surface area contributed by atoms with Crippen LogP contribution in [0, 0.1) is 17.8 Å². The quantitative estimate of drug-likeness (QED) is 0.926. The number of pyridine rings is 1. The summed E-state index contributed by atoms with van der Waals surface area (Å²) in [7, 11) is 0. The van der Waals surface area contributed by atoms with Gasteiger partial charge in [-0.1, -0.05) is 6.42 Å². The molecule has 2 aliphatic carbocycles. The second-order valence-corrected chi connectivity index (χ2v) is 7.29. The Morgan fingerprint density at radius 3 is 2.73 bits per heavy atom. The van der Waals surface area contributed by atoms with Crippen molar-refractivity contribution in [2.45, 2.75) is 44.9 Å². The standard InChI is InChI=1S/C18H25N3O/c22-18(11-15-10-13-3-4-14(15)9-13)20-16-5-6-17(19-12-16)21-7-1-2-8-21/h5-6,12-15H,1-4,7-11H2,(H,20,22)/t13-,14-,15+/m0/s1. The summed E-state index contributed by atoms with van der Waals surface area (Å²) in [5, 5.41) is 3.03. The molecule has 0 radical (unpaired) electrons. The Hall–Kier alpha value is -1.58. The van der Waals surface area contributed by atoms with E-state index in [2.05, 4.69) is 15.2 Å². The highest BCUT2D eigenvalue weighted by molar-refractivity contribution is 5.90. The van der Waals surface area contributed by atoms with E-state index in [0.29, 0.717) is 12.3 Å². The molecule has 3 aliphatic rings. The number of fused-ring (bicyclic) bond motifs is 2. The zero-order valence-corrected chi connectivity index (χ0v) is 13.1. The minimum absolute atomic E-state index is 0.160. The van der Waals surface area contributed by atoms with Crippen LogP contribution in [0.4, 0.5) is 11.5 Å². The van der Waals surface area contributed by atoms with Crippen LogP contribution in [0.1, 0.15) is 44.9 Å². The third-order valence-electron chi connectivity index (χ3n) is 5.79. The first kappa shape index (κ1) is 14.0. The first-order valence-corrected chi connectivity index (χ1v) is 8.79. The molecule has 2 heterocycles. The third kappa shape index (κ3) is 2.83. The van der Waals surface area contributed by atoms with Gasteiger partial charge in [0.25, 0.3) is 0 Å². The summed E-state index contributed by atoms with van der Waals surface area (Å²) in [6, 6.07) is 4.01. The SMILES string of the molecule is O=C(C[C@H]1C[C@H]2CC[C@H]1C2)Nc1ccc(N2CCCC2)nc1. The lowest BCUT2D eigenvalue weighted by atomic mass is 9.86. The van der Waals surface area contributed by atoms with E-state index in [-0.39, 0.29) is 5.91 Å². The zero-order chi connectivity index (χ0) is 14.9. The number of rotatable bonds is 4. The zero-order valence-electron chi connectivity index (χ0n) is 13.1. The number of anilines is 2. The van der Waals surface area contributed by atoms with Crippen LogP contribution in [-0.4, -0.2) is 24.0 Å². The fourth-order valence-corrected chi connectivity index (χ4v) is 4.67. The van der Waals surface area contributed by atoms with Crippen molar-refractivity contribution in [1.29, 1.82) is 0 Å². The van der Waals surface area contributed by atoms with Gasteiger partial charge in [0.2, 0.25) is 5.91 Å². The van der Waals surface area contributed by atoms with E-state index in [1.54, 1.807) is 6.20 Å². The first-order valence-electron chi connectivity index (χ1n) is 8.79. The van der Waals surface area contributed by atoms with Crippen LogP contribution in [0.2, 0.25) is 0 Å². The average Bonchev–Trinajstić information content (AvgIpc) is 3.25. The lowest BCUT2D eigenvalue weighted by molar-refractivity contribution is -0.117. The molecule has 2 saturated carbocycles. The number of carbonyl (C=O) groups excluding carboxylic acids is 1. The van der Waals surface area contributed by atoms with Gasteiger partial charge in [-0.25, -0.2) is 4.98 Å². The average molecular weight is 299 g/mol. The maximum absolute atomic E-state index is 12.2. The van der Waals surface area contributed by atoms with E-state index < -0.39 is 0 Å². The molecular weight excluding hydrogens is 274 g/mol.